The van der Waals surface area contributed by atoms with E-state index in [0.29, 0.717) is 18.3 Å². The maximum atomic E-state index is 12.4. The molecular weight excluding hydrogens is 380 g/mol. The minimum absolute atomic E-state index is 0.0433. The third-order valence-corrected chi connectivity index (χ3v) is 7.32. The summed E-state index contributed by atoms with van der Waals surface area (Å²) in [5.41, 5.74) is 0. The Balaban J connectivity index is 1.29. The van der Waals surface area contributed by atoms with Crippen LogP contribution in [0.5, 0.6) is 0 Å². The van der Waals surface area contributed by atoms with Gasteiger partial charge in [-0.2, -0.15) is 0 Å². The van der Waals surface area contributed by atoms with Gasteiger partial charge in [-0.1, -0.05) is 30.7 Å². The van der Waals surface area contributed by atoms with Crippen molar-refractivity contribution in [3.8, 4) is 0 Å². The summed E-state index contributed by atoms with van der Waals surface area (Å²) >= 11 is 3.20. The normalized spacial score (nSPS) is 19.6. The van der Waals surface area contributed by atoms with E-state index in [1.807, 2.05) is 4.68 Å². The van der Waals surface area contributed by atoms with Crippen LogP contribution in [0.2, 0.25) is 0 Å². The van der Waals surface area contributed by atoms with Crippen LogP contribution in [-0.2, 0) is 4.79 Å². The second kappa shape index (κ2) is 9.16. The Bertz CT molecular complexity index is 722. The first kappa shape index (κ1) is 18.9. The lowest BCUT2D eigenvalue weighted by atomic mass is 10.2. The lowest BCUT2D eigenvalue weighted by molar-refractivity contribution is -0.118. The van der Waals surface area contributed by atoms with Gasteiger partial charge in [0, 0.05) is 11.4 Å². The van der Waals surface area contributed by atoms with Gasteiger partial charge in [0.05, 0.1) is 17.8 Å². The van der Waals surface area contributed by atoms with Crippen molar-refractivity contribution in [1.82, 2.24) is 30.4 Å². The molecule has 146 valence electrons. The van der Waals surface area contributed by atoms with Crippen LogP contribution in [0.15, 0.2) is 22.7 Å². The van der Waals surface area contributed by atoms with E-state index in [1.165, 1.54) is 42.3 Å². The molecule has 4 rings (SSSR count). The number of nitrogens with one attached hydrogen (secondary N) is 1. The highest BCUT2D eigenvalue weighted by Gasteiger charge is 2.25. The van der Waals surface area contributed by atoms with Gasteiger partial charge in [-0.3, -0.25) is 9.69 Å². The van der Waals surface area contributed by atoms with E-state index < -0.39 is 0 Å². The highest BCUT2D eigenvalue weighted by Crippen LogP contribution is 2.31. The summed E-state index contributed by atoms with van der Waals surface area (Å²) in [7, 11) is 0. The number of aromatic nitrogens is 4. The number of hydrogen-bond donors (Lipinski definition) is 1. The molecular formula is C18H26N6OS2. The van der Waals surface area contributed by atoms with Crippen LogP contribution in [-0.4, -0.2) is 56.4 Å². The third-order valence-electron chi connectivity index (χ3n) is 5.41. The molecule has 0 unspecified atom stereocenters. The molecule has 1 amide bonds. The van der Waals surface area contributed by atoms with Gasteiger partial charge in [0.1, 0.15) is 0 Å². The zero-order chi connectivity index (χ0) is 18.5. The van der Waals surface area contributed by atoms with Crippen LogP contribution >= 0.6 is 23.1 Å². The quantitative estimate of drug-likeness (QED) is 0.680. The average molecular weight is 407 g/mol. The van der Waals surface area contributed by atoms with E-state index in [-0.39, 0.29) is 11.9 Å². The van der Waals surface area contributed by atoms with Gasteiger partial charge in [-0.15, -0.1) is 16.4 Å². The topological polar surface area (TPSA) is 75.9 Å². The Morgan fingerprint density at radius 2 is 2.11 bits per heavy atom. The molecule has 1 aliphatic heterocycles. The number of tetrazole rings is 1. The van der Waals surface area contributed by atoms with Gasteiger partial charge in [0.2, 0.25) is 11.1 Å². The minimum Gasteiger partial charge on any atom is -0.353 e. The molecule has 1 saturated heterocycles. The van der Waals surface area contributed by atoms with Crippen LogP contribution in [0, 0.1) is 0 Å². The number of amides is 1. The number of carbonyl (C=O) groups is 1. The Morgan fingerprint density at radius 1 is 1.30 bits per heavy atom. The Hall–Kier alpha value is -1.45. The van der Waals surface area contributed by atoms with Crippen molar-refractivity contribution in [3.63, 3.8) is 0 Å². The molecule has 1 aliphatic carbocycles. The van der Waals surface area contributed by atoms with Gasteiger partial charge in [0.15, 0.2) is 0 Å². The predicted molar refractivity (Wildman–Crippen MR) is 107 cm³/mol. The largest absolute Gasteiger partial charge is 0.353 e. The smallest absolute Gasteiger partial charge is 0.230 e. The molecule has 9 heteroatoms. The SMILES string of the molecule is O=C(CSc1nnnn1C1CCCC1)NC[C@@H](c1cccs1)N1CCCC1. The summed E-state index contributed by atoms with van der Waals surface area (Å²) < 4.78 is 1.91. The lowest BCUT2D eigenvalue weighted by Crippen LogP contribution is -2.37. The maximum absolute atomic E-state index is 12.4. The van der Waals surface area contributed by atoms with E-state index in [1.54, 1.807) is 11.3 Å². The fourth-order valence-corrected chi connectivity index (χ4v) is 5.63. The Kier molecular flexibility index (Phi) is 6.41. The van der Waals surface area contributed by atoms with Crippen molar-refractivity contribution in [3.05, 3.63) is 22.4 Å². The zero-order valence-electron chi connectivity index (χ0n) is 15.4. The summed E-state index contributed by atoms with van der Waals surface area (Å²) in [6, 6.07) is 4.93. The molecule has 0 radical (unpaired) electrons. The van der Waals surface area contributed by atoms with Crippen LogP contribution < -0.4 is 5.32 Å². The molecule has 0 aromatic carbocycles. The summed E-state index contributed by atoms with van der Waals surface area (Å²) in [6.45, 7) is 2.89. The van der Waals surface area contributed by atoms with E-state index in [9.17, 15) is 4.79 Å². The van der Waals surface area contributed by atoms with Gasteiger partial charge in [-0.25, -0.2) is 4.68 Å². The molecule has 1 N–H and O–H groups in total. The minimum atomic E-state index is 0.0433. The number of thioether (sulfide) groups is 1. The monoisotopic (exact) mass is 406 g/mol. The first-order valence-corrected chi connectivity index (χ1v) is 11.6. The van der Waals surface area contributed by atoms with Crippen LogP contribution in [0.25, 0.3) is 0 Å². The summed E-state index contributed by atoms with van der Waals surface area (Å²) in [4.78, 5) is 16.2. The molecule has 1 saturated carbocycles. The molecule has 2 aliphatic rings. The van der Waals surface area contributed by atoms with Crippen molar-refractivity contribution < 1.29 is 4.79 Å². The molecule has 2 fully saturated rings. The molecule has 2 aromatic rings. The summed E-state index contributed by atoms with van der Waals surface area (Å²) in [5, 5.41) is 18.0. The summed E-state index contributed by atoms with van der Waals surface area (Å²) in [6.07, 6.45) is 7.21. The van der Waals surface area contributed by atoms with Gasteiger partial charge < -0.3 is 5.32 Å². The maximum Gasteiger partial charge on any atom is 0.230 e. The summed E-state index contributed by atoms with van der Waals surface area (Å²) in [5.74, 6) is 0.395. The van der Waals surface area contributed by atoms with E-state index in [4.69, 9.17) is 0 Å². The van der Waals surface area contributed by atoms with E-state index in [2.05, 4.69) is 43.3 Å². The van der Waals surface area contributed by atoms with Crippen LogP contribution in [0.1, 0.15) is 55.5 Å². The fraction of sp³-hybridized carbons (Fsp3) is 0.667. The standard InChI is InChI=1S/C18H26N6OS2/c25-17(13-27-18-20-21-22-24(18)14-6-1-2-7-14)19-12-15(16-8-5-11-26-16)23-9-3-4-10-23/h5,8,11,14-15H,1-4,6-7,9-10,12-13H2,(H,19,25)/t15-/m0/s1. The number of nitrogens with zero attached hydrogens (tertiary/aromatic N) is 5. The first-order chi connectivity index (χ1) is 13.3. The van der Waals surface area contributed by atoms with Crippen molar-refractivity contribution in [2.75, 3.05) is 25.4 Å². The molecule has 0 bridgehead atoms. The molecule has 7 nitrogen and oxygen atoms in total. The molecule has 0 spiro atoms. The molecule has 1 atom stereocenters. The first-order valence-electron chi connectivity index (χ1n) is 9.76. The molecule has 3 heterocycles. The lowest BCUT2D eigenvalue weighted by Gasteiger charge is -2.26. The van der Waals surface area contributed by atoms with Gasteiger partial charge in [0.25, 0.3) is 0 Å². The number of likely N-dealkylation sites (tertiary alicyclic amines) is 1. The molecule has 27 heavy (non-hydrogen) atoms. The van der Waals surface area contributed by atoms with Crippen molar-refractivity contribution in [1.29, 1.82) is 0 Å². The van der Waals surface area contributed by atoms with Gasteiger partial charge in [-0.05, 0) is 60.6 Å². The average Bonchev–Trinajstić information content (AvgIpc) is 3.49. The zero-order valence-corrected chi connectivity index (χ0v) is 17.1. The number of rotatable bonds is 8. The van der Waals surface area contributed by atoms with Crippen molar-refractivity contribution in [2.24, 2.45) is 0 Å². The van der Waals surface area contributed by atoms with Crippen molar-refractivity contribution in [2.45, 2.75) is 55.8 Å². The van der Waals surface area contributed by atoms with E-state index in [0.717, 1.165) is 31.1 Å². The Morgan fingerprint density at radius 3 is 2.85 bits per heavy atom. The molecule has 2 aromatic heterocycles. The van der Waals surface area contributed by atoms with Crippen molar-refractivity contribution >= 4 is 29.0 Å². The number of carbonyl (C=O) groups excluding carboxylic acids is 1. The fourth-order valence-electron chi connectivity index (χ4n) is 3.99. The van der Waals surface area contributed by atoms with Crippen LogP contribution in [0.3, 0.4) is 0 Å². The Labute approximate surface area is 167 Å². The number of hydrogen-bond acceptors (Lipinski definition) is 7. The highest BCUT2D eigenvalue weighted by atomic mass is 32.2. The second-order valence-corrected chi connectivity index (χ2v) is 9.13. The highest BCUT2D eigenvalue weighted by molar-refractivity contribution is 7.99. The van der Waals surface area contributed by atoms with Gasteiger partial charge >= 0.3 is 0 Å². The van der Waals surface area contributed by atoms with Crippen LogP contribution in [0.4, 0.5) is 0 Å². The van der Waals surface area contributed by atoms with E-state index >= 15 is 0 Å². The number of thiophene rings is 1. The predicted octanol–water partition coefficient (Wildman–Crippen LogP) is 2.90. The second-order valence-electron chi connectivity index (χ2n) is 7.21. The third kappa shape index (κ3) is 4.70.